The molecule has 0 bridgehead atoms. The van der Waals surface area contributed by atoms with Crippen molar-refractivity contribution in [2.24, 2.45) is 0 Å². The number of nitrogens with zero attached hydrogens (tertiary/aromatic N) is 2. The minimum absolute atomic E-state index is 0.162. The van der Waals surface area contributed by atoms with E-state index >= 15 is 0 Å². The molecule has 2 aromatic heterocycles. The van der Waals surface area contributed by atoms with Crippen LogP contribution in [0.25, 0.3) is 10.9 Å². The van der Waals surface area contributed by atoms with Gasteiger partial charge in [0.2, 0.25) is 0 Å². The van der Waals surface area contributed by atoms with Crippen LogP contribution < -0.4 is 0 Å². The van der Waals surface area contributed by atoms with Crippen LogP contribution in [-0.4, -0.2) is 9.97 Å². The molecule has 2 rings (SSSR count). The number of pyridine rings is 2. The molecular formula is C8H5ClN2. The first-order chi connectivity index (χ1) is 5.79. The monoisotopic (exact) mass is 165 g/mol. The molecule has 0 amide bonds. The van der Waals surface area contributed by atoms with Gasteiger partial charge in [-0.25, -0.2) is 0 Å². The molecule has 0 aliphatic rings. The highest BCUT2D eigenvalue weighted by atomic mass is 35.5. The second kappa shape index (κ2) is 2.47. The summed E-state index contributed by atoms with van der Waals surface area (Å²) >= 11 is 5.84. The smallest absolute Gasteiger partial charge is 0.0900 e. The van der Waals surface area contributed by atoms with Gasteiger partial charge in [-0.15, -0.1) is 0 Å². The van der Waals surface area contributed by atoms with E-state index in [0.717, 1.165) is 5.39 Å². The van der Waals surface area contributed by atoms with E-state index in [1.165, 1.54) is 6.20 Å². The topological polar surface area (TPSA) is 25.8 Å². The maximum absolute atomic E-state index is 7.43. The van der Waals surface area contributed by atoms with Crippen molar-refractivity contribution in [3.05, 3.63) is 35.7 Å². The number of halogens is 1. The molecule has 0 unspecified atom stereocenters. The molecule has 2 nitrogen and oxygen atoms in total. The van der Waals surface area contributed by atoms with Gasteiger partial charge in [0.05, 0.1) is 18.1 Å². The zero-order chi connectivity index (χ0) is 8.55. The normalized spacial score (nSPS) is 11.5. The number of aromatic nitrogens is 2. The van der Waals surface area contributed by atoms with Crippen LogP contribution in [0.3, 0.4) is 0 Å². The highest BCUT2D eigenvalue weighted by molar-refractivity contribution is 6.35. The van der Waals surface area contributed by atoms with Crippen LogP contribution >= 0.6 is 11.6 Å². The lowest BCUT2D eigenvalue weighted by Gasteiger charge is -1.95. The quantitative estimate of drug-likeness (QED) is 0.599. The van der Waals surface area contributed by atoms with Crippen LogP contribution in [0.4, 0.5) is 0 Å². The molecule has 0 aromatic carbocycles. The number of hydrogen-bond donors (Lipinski definition) is 0. The molecule has 0 N–H and O–H groups in total. The molecule has 0 atom stereocenters. The molecule has 2 aromatic rings. The Morgan fingerprint density at radius 3 is 3.27 bits per heavy atom. The Bertz CT molecular complexity index is 390. The summed E-state index contributed by atoms with van der Waals surface area (Å²) in [5, 5.41) is 1.31. The molecule has 11 heavy (non-hydrogen) atoms. The van der Waals surface area contributed by atoms with E-state index in [-0.39, 0.29) is 6.17 Å². The summed E-state index contributed by atoms with van der Waals surface area (Å²) in [5.41, 5.74) is 0.546. The number of hydrogen-bond acceptors (Lipinski definition) is 2. The van der Waals surface area contributed by atoms with Crippen molar-refractivity contribution in [1.29, 1.82) is 0 Å². The van der Waals surface area contributed by atoms with Gasteiger partial charge in [-0.05, 0) is 12.1 Å². The van der Waals surface area contributed by atoms with Crippen LogP contribution in [0.2, 0.25) is 5.02 Å². The van der Waals surface area contributed by atoms with Crippen molar-refractivity contribution in [1.82, 2.24) is 9.97 Å². The number of fused-ring (bicyclic) bond motifs is 1. The zero-order valence-electron chi connectivity index (χ0n) is 6.58. The van der Waals surface area contributed by atoms with Gasteiger partial charge in [0, 0.05) is 17.8 Å². The van der Waals surface area contributed by atoms with Crippen LogP contribution in [0.15, 0.2) is 30.7 Å². The van der Waals surface area contributed by atoms with Gasteiger partial charge in [0.25, 0.3) is 0 Å². The van der Waals surface area contributed by atoms with E-state index in [0.29, 0.717) is 10.5 Å². The van der Waals surface area contributed by atoms with E-state index in [1.807, 2.05) is 6.07 Å². The first-order valence-electron chi connectivity index (χ1n) is 3.65. The van der Waals surface area contributed by atoms with Crippen molar-refractivity contribution in [2.75, 3.05) is 0 Å². The third-order valence-electron chi connectivity index (χ3n) is 1.41. The van der Waals surface area contributed by atoms with Crippen molar-refractivity contribution in [3.63, 3.8) is 0 Å². The lowest BCUT2D eigenvalue weighted by Crippen LogP contribution is -1.79. The standard InChI is InChI=1S/C8H5ClN2/c9-7-4-10-5-8-6(7)2-1-3-11-8/h1-5H/i5D. The molecular weight excluding hydrogens is 160 g/mol. The second-order valence-electron chi connectivity index (χ2n) is 2.12. The van der Waals surface area contributed by atoms with E-state index < -0.39 is 0 Å². The summed E-state index contributed by atoms with van der Waals surface area (Å²) in [6.07, 6.45) is 3.25. The third-order valence-corrected chi connectivity index (χ3v) is 1.71. The fourth-order valence-electron chi connectivity index (χ4n) is 0.907. The lowest BCUT2D eigenvalue weighted by atomic mass is 10.3. The van der Waals surface area contributed by atoms with Gasteiger partial charge in [0.1, 0.15) is 0 Å². The third kappa shape index (κ3) is 1.05. The molecule has 3 heteroatoms. The van der Waals surface area contributed by atoms with Crippen LogP contribution in [0.5, 0.6) is 0 Å². The first-order valence-corrected chi connectivity index (χ1v) is 3.52. The van der Waals surface area contributed by atoms with Gasteiger partial charge in [0.15, 0.2) is 0 Å². The maximum atomic E-state index is 7.43. The van der Waals surface area contributed by atoms with E-state index in [4.69, 9.17) is 13.0 Å². The van der Waals surface area contributed by atoms with E-state index in [2.05, 4.69) is 9.97 Å². The van der Waals surface area contributed by atoms with Crippen LogP contribution in [-0.2, 0) is 0 Å². The summed E-state index contributed by atoms with van der Waals surface area (Å²) in [6, 6.07) is 3.61. The van der Waals surface area contributed by atoms with Crippen LogP contribution in [0, 0.1) is 0 Å². The van der Waals surface area contributed by atoms with Crippen molar-refractivity contribution in [2.45, 2.75) is 0 Å². The Kier molecular flexibility index (Phi) is 1.24. The van der Waals surface area contributed by atoms with Crippen molar-refractivity contribution in [3.8, 4) is 0 Å². The predicted molar refractivity (Wildman–Crippen MR) is 44.5 cm³/mol. The Hall–Kier alpha value is -1.15. The molecule has 0 radical (unpaired) electrons. The molecule has 0 aliphatic carbocycles. The summed E-state index contributed by atoms with van der Waals surface area (Å²) in [7, 11) is 0. The Labute approximate surface area is 70.3 Å². The first kappa shape index (κ1) is 5.49. The fourth-order valence-corrected chi connectivity index (χ4v) is 1.11. The predicted octanol–water partition coefficient (Wildman–Crippen LogP) is 2.28. The van der Waals surface area contributed by atoms with Crippen molar-refractivity contribution < 1.29 is 1.37 Å². The fraction of sp³-hybridized carbons (Fsp3) is 0. The molecule has 2 heterocycles. The summed E-state index contributed by atoms with van der Waals surface area (Å²) in [4.78, 5) is 7.79. The molecule has 0 fully saturated rings. The Balaban J connectivity index is 2.95. The maximum Gasteiger partial charge on any atom is 0.0900 e. The Morgan fingerprint density at radius 2 is 2.45 bits per heavy atom. The summed E-state index contributed by atoms with van der Waals surface area (Å²) in [6.45, 7) is 0. The second-order valence-corrected chi connectivity index (χ2v) is 2.52. The molecule has 54 valence electrons. The summed E-state index contributed by atoms with van der Waals surface area (Å²) in [5.74, 6) is 0. The molecule has 0 spiro atoms. The number of rotatable bonds is 0. The molecule has 0 saturated heterocycles. The van der Waals surface area contributed by atoms with E-state index in [1.54, 1.807) is 12.3 Å². The van der Waals surface area contributed by atoms with Gasteiger partial charge >= 0.3 is 0 Å². The van der Waals surface area contributed by atoms with E-state index in [9.17, 15) is 0 Å². The summed E-state index contributed by atoms with van der Waals surface area (Å²) < 4.78 is 7.43. The Morgan fingerprint density at radius 1 is 1.55 bits per heavy atom. The van der Waals surface area contributed by atoms with Gasteiger partial charge in [-0.3, -0.25) is 9.97 Å². The average Bonchev–Trinajstić information content (AvgIpc) is 2.12. The lowest BCUT2D eigenvalue weighted by molar-refractivity contribution is 1.31. The SMILES string of the molecule is [2H]c1ncc(Cl)c2cccnc12. The zero-order valence-corrected chi connectivity index (χ0v) is 6.34. The highest BCUT2D eigenvalue weighted by Gasteiger charge is 1.96. The minimum atomic E-state index is 0.162. The average molecular weight is 166 g/mol. The van der Waals surface area contributed by atoms with Crippen molar-refractivity contribution >= 4 is 22.5 Å². The van der Waals surface area contributed by atoms with Gasteiger partial charge in [-0.1, -0.05) is 11.6 Å². The van der Waals surface area contributed by atoms with Crippen LogP contribution in [0.1, 0.15) is 1.37 Å². The largest absolute Gasteiger partial charge is 0.261 e. The van der Waals surface area contributed by atoms with Gasteiger partial charge in [-0.2, -0.15) is 0 Å². The highest BCUT2D eigenvalue weighted by Crippen LogP contribution is 2.18. The molecule has 0 saturated carbocycles. The molecule has 0 aliphatic heterocycles. The van der Waals surface area contributed by atoms with Gasteiger partial charge < -0.3 is 0 Å². The minimum Gasteiger partial charge on any atom is -0.261 e.